The van der Waals surface area contributed by atoms with Gasteiger partial charge >= 0.3 is 11.9 Å². The van der Waals surface area contributed by atoms with E-state index in [0.29, 0.717) is 34.1 Å². The Morgan fingerprint density at radius 3 is 1.12 bits per heavy atom. The summed E-state index contributed by atoms with van der Waals surface area (Å²) in [5.74, 6) is 1.65. The van der Waals surface area contributed by atoms with Crippen LogP contribution < -0.4 is 18.9 Å². The maximum absolute atomic E-state index is 11.6. The maximum atomic E-state index is 11.6. The van der Waals surface area contributed by atoms with Gasteiger partial charge in [0.05, 0.1) is 39.6 Å². The Bertz CT molecular complexity index is 983. The number of methoxy groups -OCH3 is 4. The highest BCUT2D eigenvalue weighted by atomic mass is 16.6. The second-order valence-electron chi connectivity index (χ2n) is 8.31. The molecule has 0 spiro atoms. The fraction of sp³-hybridized carbons (Fsp3) is 0.417. The highest BCUT2D eigenvalue weighted by Gasteiger charge is 2.40. The van der Waals surface area contributed by atoms with Crippen LogP contribution in [-0.2, 0) is 20.7 Å². The van der Waals surface area contributed by atoms with Crippen molar-refractivity contribution in [1.29, 1.82) is 0 Å². The van der Waals surface area contributed by atoms with E-state index in [1.807, 2.05) is 27.7 Å². The zero-order valence-corrected chi connectivity index (χ0v) is 19.6. The molecule has 0 unspecified atom stereocenters. The van der Waals surface area contributed by atoms with Crippen molar-refractivity contribution >= 4 is 11.9 Å². The maximum Gasteiger partial charge on any atom is 0.339 e. The van der Waals surface area contributed by atoms with Crippen LogP contribution in [-0.4, -0.2) is 40.4 Å². The fourth-order valence-electron chi connectivity index (χ4n) is 3.78. The molecule has 2 aliphatic rings. The van der Waals surface area contributed by atoms with Gasteiger partial charge in [-0.25, -0.2) is 9.59 Å². The molecule has 2 aromatic carbocycles. The molecule has 0 fully saturated rings. The van der Waals surface area contributed by atoms with E-state index in [-0.39, 0.29) is 11.9 Å². The highest BCUT2D eigenvalue weighted by Crippen LogP contribution is 2.43. The third kappa shape index (κ3) is 3.92. The van der Waals surface area contributed by atoms with Crippen molar-refractivity contribution < 1.29 is 38.0 Å². The fourth-order valence-corrected chi connectivity index (χ4v) is 3.78. The second kappa shape index (κ2) is 8.26. The average Bonchev–Trinajstić information content (AvgIpc) is 3.12. The standard InChI is InChI=1S/2C12H14O4/c2*1-12(2)8-6-10(15-4)9(14-3)5-7(8)11(13)16-12/h2*5-6H,1-4H3. The summed E-state index contributed by atoms with van der Waals surface area (Å²) in [6.07, 6.45) is 0. The minimum absolute atomic E-state index is 0.319. The Morgan fingerprint density at radius 1 is 0.562 bits per heavy atom. The van der Waals surface area contributed by atoms with Crippen LogP contribution in [0.1, 0.15) is 59.5 Å². The lowest BCUT2D eigenvalue weighted by atomic mass is 9.95. The van der Waals surface area contributed by atoms with Crippen molar-refractivity contribution in [3.63, 3.8) is 0 Å². The van der Waals surface area contributed by atoms with E-state index in [0.717, 1.165) is 11.1 Å². The van der Waals surface area contributed by atoms with Crippen LogP contribution in [0, 0.1) is 0 Å². The van der Waals surface area contributed by atoms with Crippen LogP contribution in [0.3, 0.4) is 0 Å². The number of rotatable bonds is 4. The van der Waals surface area contributed by atoms with E-state index in [9.17, 15) is 9.59 Å². The number of hydrogen-bond acceptors (Lipinski definition) is 8. The van der Waals surface area contributed by atoms with Gasteiger partial charge in [0.25, 0.3) is 0 Å². The van der Waals surface area contributed by atoms with E-state index >= 15 is 0 Å². The highest BCUT2D eigenvalue weighted by molar-refractivity contribution is 5.96. The molecule has 0 atom stereocenters. The smallest absolute Gasteiger partial charge is 0.339 e. The summed E-state index contributed by atoms with van der Waals surface area (Å²) >= 11 is 0. The minimum Gasteiger partial charge on any atom is -0.493 e. The Labute approximate surface area is 187 Å². The van der Waals surface area contributed by atoms with E-state index in [2.05, 4.69) is 0 Å². The van der Waals surface area contributed by atoms with Gasteiger partial charge in [-0.2, -0.15) is 0 Å². The van der Waals surface area contributed by atoms with E-state index < -0.39 is 11.2 Å². The van der Waals surface area contributed by atoms with Crippen molar-refractivity contribution in [3.8, 4) is 23.0 Å². The lowest BCUT2D eigenvalue weighted by Crippen LogP contribution is -2.16. The lowest BCUT2D eigenvalue weighted by Gasteiger charge is -2.18. The molecule has 2 aliphatic heterocycles. The normalized spacial score (nSPS) is 16.6. The van der Waals surface area contributed by atoms with Crippen molar-refractivity contribution in [1.82, 2.24) is 0 Å². The molecule has 0 aliphatic carbocycles. The molecule has 2 aromatic rings. The summed E-state index contributed by atoms with van der Waals surface area (Å²) in [6.45, 7) is 7.40. The molecular formula is C24H28O8. The predicted octanol–water partition coefficient (Wildman–Crippen LogP) is 4.22. The van der Waals surface area contributed by atoms with Crippen molar-refractivity contribution in [3.05, 3.63) is 46.5 Å². The molecule has 172 valence electrons. The molecule has 0 bridgehead atoms. The van der Waals surface area contributed by atoms with E-state index in [1.165, 1.54) is 14.2 Å². The number of carbonyl (C=O) groups excluding carboxylic acids is 2. The predicted molar refractivity (Wildman–Crippen MR) is 116 cm³/mol. The van der Waals surface area contributed by atoms with Crippen LogP contribution in [0.5, 0.6) is 23.0 Å². The summed E-state index contributed by atoms with van der Waals surface area (Å²) in [5.41, 5.74) is 1.54. The number of esters is 2. The van der Waals surface area contributed by atoms with Crippen molar-refractivity contribution in [2.45, 2.75) is 38.9 Å². The summed E-state index contributed by atoms with van der Waals surface area (Å²) in [5, 5.41) is 0. The Balaban J connectivity index is 0.000000181. The van der Waals surface area contributed by atoms with Gasteiger partial charge in [-0.15, -0.1) is 0 Å². The molecule has 32 heavy (non-hydrogen) atoms. The number of benzene rings is 2. The molecule has 2 heterocycles. The summed E-state index contributed by atoms with van der Waals surface area (Å²) in [4.78, 5) is 23.3. The summed E-state index contributed by atoms with van der Waals surface area (Å²) in [7, 11) is 6.20. The van der Waals surface area contributed by atoms with Gasteiger partial charge in [0.1, 0.15) is 11.2 Å². The van der Waals surface area contributed by atoms with Gasteiger partial charge in [0.15, 0.2) is 23.0 Å². The third-order valence-corrected chi connectivity index (χ3v) is 5.48. The number of fused-ring (bicyclic) bond motifs is 2. The Morgan fingerprint density at radius 2 is 0.844 bits per heavy atom. The van der Waals surface area contributed by atoms with Gasteiger partial charge in [0, 0.05) is 11.1 Å². The number of hydrogen-bond donors (Lipinski definition) is 0. The van der Waals surface area contributed by atoms with E-state index in [4.69, 9.17) is 28.4 Å². The van der Waals surface area contributed by atoms with Gasteiger partial charge < -0.3 is 28.4 Å². The molecule has 0 aromatic heterocycles. The summed E-state index contributed by atoms with van der Waals surface area (Å²) < 4.78 is 31.2. The molecule has 0 N–H and O–H groups in total. The van der Waals surface area contributed by atoms with Gasteiger partial charge in [-0.1, -0.05) is 0 Å². The first-order chi connectivity index (χ1) is 15.0. The SMILES string of the molecule is COc1cc2c(cc1OC)C(C)(C)OC2=O.COc1cc2c(cc1OC)C(C)(C)OC2=O. The van der Waals surface area contributed by atoms with Crippen molar-refractivity contribution in [2.24, 2.45) is 0 Å². The Kier molecular flexibility index (Phi) is 6.00. The number of cyclic esters (lactones) is 2. The molecule has 8 heteroatoms. The van der Waals surface area contributed by atoms with Crippen LogP contribution >= 0.6 is 0 Å². The van der Waals surface area contributed by atoms with Gasteiger partial charge in [0.2, 0.25) is 0 Å². The quantitative estimate of drug-likeness (QED) is 0.648. The number of carbonyl (C=O) groups is 2. The zero-order chi connectivity index (χ0) is 23.8. The molecular weight excluding hydrogens is 416 g/mol. The van der Waals surface area contributed by atoms with Gasteiger partial charge in [-0.3, -0.25) is 0 Å². The Hall–Kier alpha value is -3.42. The molecule has 0 amide bonds. The van der Waals surface area contributed by atoms with Crippen LogP contribution in [0.25, 0.3) is 0 Å². The third-order valence-electron chi connectivity index (χ3n) is 5.48. The molecule has 8 nitrogen and oxygen atoms in total. The van der Waals surface area contributed by atoms with Crippen LogP contribution in [0.15, 0.2) is 24.3 Å². The molecule has 4 rings (SSSR count). The first-order valence-corrected chi connectivity index (χ1v) is 9.98. The lowest BCUT2D eigenvalue weighted by molar-refractivity contribution is 0.00839. The largest absolute Gasteiger partial charge is 0.493 e. The van der Waals surface area contributed by atoms with Gasteiger partial charge in [-0.05, 0) is 52.0 Å². The average molecular weight is 444 g/mol. The monoisotopic (exact) mass is 444 g/mol. The van der Waals surface area contributed by atoms with Crippen LogP contribution in [0.4, 0.5) is 0 Å². The number of ether oxygens (including phenoxy) is 6. The molecule has 0 radical (unpaired) electrons. The van der Waals surface area contributed by atoms with Crippen LogP contribution in [0.2, 0.25) is 0 Å². The summed E-state index contributed by atoms with van der Waals surface area (Å²) in [6, 6.07) is 6.90. The molecule has 0 saturated carbocycles. The first kappa shape index (κ1) is 23.2. The zero-order valence-electron chi connectivity index (χ0n) is 19.6. The molecule has 0 saturated heterocycles. The second-order valence-corrected chi connectivity index (χ2v) is 8.31. The van der Waals surface area contributed by atoms with E-state index in [1.54, 1.807) is 38.5 Å². The minimum atomic E-state index is -0.605. The van der Waals surface area contributed by atoms with Crippen molar-refractivity contribution in [2.75, 3.05) is 28.4 Å². The first-order valence-electron chi connectivity index (χ1n) is 9.98. The topological polar surface area (TPSA) is 89.5 Å².